The van der Waals surface area contributed by atoms with Crippen LogP contribution in [0.5, 0.6) is 0 Å². The first kappa shape index (κ1) is 11.9. The number of rotatable bonds is 5. The summed E-state index contributed by atoms with van der Waals surface area (Å²) in [4.78, 5) is 0. The summed E-state index contributed by atoms with van der Waals surface area (Å²) in [5, 5.41) is 0.109. The maximum atomic E-state index is 11.5. The van der Waals surface area contributed by atoms with E-state index in [9.17, 15) is 8.42 Å². The third-order valence-corrected chi connectivity index (χ3v) is 5.82. The quantitative estimate of drug-likeness (QED) is 0.524. The Morgan fingerprint density at radius 3 is 2.93 bits per heavy atom. The van der Waals surface area contributed by atoms with Crippen molar-refractivity contribution in [2.45, 2.75) is 18.1 Å². The van der Waals surface area contributed by atoms with Crippen LogP contribution in [0, 0.1) is 0 Å². The molecule has 0 radical (unpaired) electrons. The molecule has 0 aromatic carbocycles. The number of hydrogen-bond donors (Lipinski definition) is 0. The molecule has 0 saturated carbocycles. The van der Waals surface area contributed by atoms with Gasteiger partial charge in [0.25, 0.3) is 0 Å². The van der Waals surface area contributed by atoms with Gasteiger partial charge in [0.1, 0.15) is 0 Å². The van der Waals surface area contributed by atoms with E-state index in [0.29, 0.717) is 23.9 Å². The standard InChI is InChI=1S/C9H16O3S2/c1-2-12-5-3-4-9-8-13(10)6-7-14(9)11/h2,9H,1,3-8H2. The van der Waals surface area contributed by atoms with E-state index in [-0.39, 0.29) is 5.25 Å². The van der Waals surface area contributed by atoms with Crippen LogP contribution < -0.4 is 0 Å². The molecule has 0 aromatic rings. The molecule has 0 aliphatic carbocycles. The molecule has 1 rings (SSSR count). The summed E-state index contributed by atoms with van der Waals surface area (Å²) in [6, 6.07) is 0. The molecule has 0 bridgehead atoms. The zero-order valence-electron chi connectivity index (χ0n) is 8.15. The highest BCUT2D eigenvalue weighted by atomic mass is 32.2. The molecule has 1 fully saturated rings. The summed E-state index contributed by atoms with van der Waals surface area (Å²) in [7, 11) is -1.53. The molecular weight excluding hydrogens is 220 g/mol. The van der Waals surface area contributed by atoms with Crippen molar-refractivity contribution in [2.24, 2.45) is 0 Å². The summed E-state index contributed by atoms with van der Waals surface area (Å²) in [6.07, 6.45) is 3.11. The van der Waals surface area contributed by atoms with E-state index in [4.69, 9.17) is 4.74 Å². The lowest BCUT2D eigenvalue weighted by atomic mass is 10.2. The van der Waals surface area contributed by atoms with E-state index >= 15 is 0 Å². The van der Waals surface area contributed by atoms with Crippen LogP contribution in [-0.4, -0.2) is 37.5 Å². The molecule has 0 spiro atoms. The van der Waals surface area contributed by atoms with Crippen LogP contribution >= 0.6 is 0 Å². The average molecular weight is 236 g/mol. The Labute approximate surface area is 89.8 Å². The molecule has 1 aliphatic heterocycles. The molecule has 0 aromatic heterocycles. The maximum Gasteiger partial charge on any atom is 0.0873 e. The Bertz CT molecular complexity index is 240. The Morgan fingerprint density at radius 1 is 1.43 bits per heavy atom. The van der Waals surface area contributed by atoms with Crippen LogP contribution in [0.4, 0.5) is 0 Å². The molecule has 3 atom stereocenters. The predicted molar refractivity (Wildman–Crippen MR) is 60.1 cm³/mol. The summed E-state index contributed by atoms with van der Waals surface area (Å²) in [5.41, 5.74) is 0. The molecule has 14 heavy (non-hydrogen) atoms. The highest BCUT2D eigenvalue weighted by Crippen LogP contribution is 2.13. The molecule has 1 saturated heterocycles. The highest BCUT2D eigenvalue weighted by Gasteiger charge is 2.24. The number of ether oxygens (including phenoxy) is 1. The first-order valence-electron chi connectivity index (χ1n) is 4.68. The second kappa shape index (κ2) is 6.35. The van der Waals surface area contributed by atoms with Crippen LogP contribution in [0.15, 0.2) is 12.8 Å². The maximum absolute atomic E-state index is 11.5. The largest absolute Gasteiger partial charge is 0.502 e. The van der Waals surface area contributed by atoms with Gasteiger partial charge < -0.3 is 4.74 Å². The van der Waals surface area contributed by atoms with Gasteiger partial charge in [-0.25, -0.2) is 0 Å². The third kappa shape index (κ3) is 3.92. The molecule has 3 unspecified atom stereocenters. The first-order chi connectivity index (χ1) is 6.74. The fourth-order valence-electron chi connectivity index (χ4n) is 1.40. The van der Waals surface area contributed by atoms with Gasteiger partial charge in [0.05, 0.1) is 12.9 Å². The Kier molecular flexibility index (Phi) is 5.40. The van der Waals surface area contributed by atoms with Crippen molar-refractivity contribution in [3.05, 3.63) is 12.8 Å². The lowest BCUT2D eigenvalue weighted by Crippen LogP contribution is -2.33. The van der Waals surface area contributed by atoms with Gasteiger partial charge in [0, 0.05) is 44.1 Å². The van der Waals surface area contributed by atoms with Gasteiger partial charge in [-0.2, -0.15) is 0 Å². The second-order valence-electron chi connectivity index (χ2n) is 3.20. The van der Waals surface area contributed by atoms with Gasteiger partial charge in [-0.1, -0.05) is 6.58 Å². The van der Waals surface area contributed by atoms with Crippen LogP contribution in [0.2, 0.25) is 0 Å². The minimum atomic E-state index is -0.779. The molecule has 82 valence electrons. The summed E-state index contributed by atoms with van der Waals surface area (Å²) in [6.45, 7) is 4.06. The minimum absolute atomic E-state index is 0.109. The predicted octanol–water partition coefficient (Wildman–Crippen LogP) is 0.806. The molecule has 5 heteroatoms. The van der Waals surface area contributed by atoms with Gasteiger partial charge in [0.15, 0.2) is 0 Å². The van der Waals surface area contributed by atoms with Crippen molar-refractivity contribution in [3.63, 3.8) is 0 Å². The topological polar surface area (TPSA) is 43.4 Å². The Morgan fingerprint density at radius 2 is 2.21 bits per heavy atom. The molecule has 0 N–H and O–H groups in total. The zero-order valence-corrected chi connectivity index (χ0v) is 9.78. The Balaban J connectivity index is 2.24. The van der Waals surface area contributed by atoms with E-state index in [1.54, 1.807) is 0 Å². The van der Waals surface area contributed by atoms with Gasteiger partial charge in [-0.15, -0.1) is 0 Å². The average Bonchev–Trinajstić information content (AvgIpc) is 2.18. The van der Waals surface area contributed by atoms with Gasteiger partial charge in [-0.3, -0.25) is 8.42 Å². The summed E-state index contributed by atoms with van der Waals surface area (Å²) < 4.78 is 27.7. The first-order valence-corrected chi connectivity index (χ1v) is 7.55. The van der Waals surface area contributed by atoms with Gasteiger partial charge in [-0.05, 0) is 12.8 Å². The van der Waals surface area contributed by atoms with Crippen LogP contribution in [0.1, 0.15) is 12.8 Å². The van der Waals surface area contributed by atoms with Gasteiger partial charge in [0.2, 0.25) is 0 Å². The second-order valence-corrected chi connectivity index (χ2v) is 6.65. The lowest BCUT2D eigenvalue weighted by molar-refractivity contribution is 0.243. The van der Waals surface area contributed by atoms with Crippen molar-refractivity contribution < 1.29 is 13.2 Å². The van der Waals surface area contributed by atoms with Crippen LogP contribution in [0.3, 0.4) is 0 Å². The molecule has 1 heterocycles. The van der Waals surface area contributed by atoms with Gasteiger partial charge >= 0.3 is 0 Å². The molecular formula is C9H16O3S2. The number of hydrogen-bond acceptors (Lipinski definition) is 3. The van der Waals surface area contributed by atoms with Crippen molar-refractivity contribution in [3.8, 4) is 0 Å². The SMILES string of the molecule is C=COCCCC1CS(=O)CCS1=O. The third-order valence-electron chi connectivity index (χ3n) is 2.16. The molecule has 0 amide bonds. The van der Waals surface area contributed by atoms with Crippen molar-refractivity contribution in [1.82, 2.24) is 0 Å². The Hall–Kier alpha value is -0.160. The normalized spacial score (nSPS) is 32.4. The fraction of sp³-hybridized carbons (Fsp3) is 0.778. The fourth-order valence-corrected chi connectivity index (χ4v) is 5.37. The van der Waals surface area contributed by atoms with Crippen LogP contribution in [-0.2, 0) is 26.3 Å². The van der Waals surface area contributed by atoms with E-state index in [1.807, 2.05) is 0 Å². The van der Waals surface area contributed by atoms with E-state index in [0.717, 1.165) is 12.8 Å². The van der Waals surface area contributed by atoms with E-state index < -0.39 is 21.6 Å². The smallest absolute Gasteiger partial charge is 0.0873 e. The molecule has 1 aliphatic rings. The molecule has 3 nitrogen and oxygen atoms in total. The van der Waals surface area contributed by atoms with Crippen molar-refractivity contribution >= 4 is 21.6 Å². The van der Waals surface area contributed by atoms with E-state index in [1.165, 1.54) is 6.26 Å². The summed E-state index contributed by atoms with van der Waals surface area (Å²) >= 11 is 0. The van der Waals surface area contributed by atoms with Crippen LogP contribution in [0.25, 0.3) is 0 Å². The zero-order chi connectivity index (χ0) is 10.4. The van der Waals surface area contributed by atoms with Crippen molar-refractivity contribution in [2.75, 3.05) is 23.9 Å². The lowest BCUT2D eigenvalue weighted by Gasteiger charge is -2.20. The highest BCUT2D eigenvalue weighted by molar-refractivity contribution is 7.92. The monoisotopic (exact) mass is 236 g/mol. The summed E-state index contributed by atoms with van der Waals surface area (Å²) in [5.74, 6) is 1.80. The van der Waals surface area contributed by atoms with E-state index in [2.05, 4.69) is 6.58 Å². The van der Waals surface area contributed by atoms with Crippen molar-refractivity contribution in [1.29, 1.82) is 0 Å². The minimum Gasteiger partial charge on any atom is -0.502 e.